The number of nitrogens with one attached hydrogen (secondary N) is 1. The standard InChI is InChI=1S/C21H25FN4O3S/c1-12-9-15(13(2)25-30(28,29)21(3,4)5)18-16(10-12)20(27)26(6)19(24-18)14-7-8-17(22)23-11-14/h7-11,13,25H,1-6H3. The molecule has 160 valence electrons. The van der Waals surface area contributed by atoms with Gasteiger partial charge in [0.2, 0.25) is 16.0 Å². The predicted molar refractivity (Wildman–Crippen MR) is 115 cm³/mol. The van der Waals surface area contributed by atoms with E-state index in [0.29, 0.717) is 27.9 Å². The van der Waals surface area contributed by atoms with Crippen LogP contribution >= 0.6 is 0 Å². The fraction of sp³-hybridized carbons (Fsp3) is 0.381. The van der Waals surface area contributed by atoms with Gasteiger partial charge in [-0.25, -0.2) is 23.1 Å². The number of hydrogen-bond donors (Lipinski definition) is 1. The smallest absolute Gasteiger partial charge is 0.261 e. The number of benzene rings is 1. The zero-order valence-corrected chi connectivity index (χ0v) is 18.6. The van der Waals surface area contributed by atoms with Crippen molar-refractivity contribution in [2.24, 2.45) is 7.05 Å². The molecule has 0 saturated carbocycles. The van der Waals surface area contributed by atoms with E-state index in [1.165, 1.54) is 22.9 Å². The van der Waals surface area contributed by atoms with Crippen molar-refractivity contribution in [2.75, 3.05) is 0 Å². The summed E-state index contributed by atoms with van der Waals surface area (Å²) in [6.45, 7) is 8.40. The second kappa shape index (κ2) is 7.55. The molecule has 2 heterocycles. The number of rotatable bonds is 4. The maximum Gasteiger partial charge on any atom is 0.261 e. The van der Waals surface area contributed by atoms with Gasteiger partial charge in [-0.15, -0.1) is 0 Å². The maximum atomic E-state index is 13.2. The molecule has 2 aromatic heterocycles. The summed E-state index contributed by atoms with van der Waals surface area (Å²) in [7, 11) is -2.04. The molecule has 3 rings (SSSR count). The molecule has 1 N–H and O–H groups in total. The van der Waals surface area contributed by atoms with Crippen molar-refractivity contribution in [1.29, 1.82) is 0 Å². The molecule has 0 aliphatic carbocycles. The first-order valence-corrected chi connectivity index (χ1v) is 11.0. The molecular weight excluding hydrogens is 407 g/mol. The largest absolute Gasteiger partial charge is 0.295 e. The molecule has 0 spiro atoms. The van der Waals surface area contributed by atoms with Gasteiger partial charge in [0, 0.05) is 24.8 Å². The number of hydrogen-bond acceptors (Lipinski definition) is 5. The van der Waals surface area contributed by atoms with E-state index in [-0.39, 0.29) is 5.56 Å². The molecule has 1 atom stereocenters. The van der Waals surface area contributed by atoms with E-state index in [1.54, 1.807) is 40.8 Å². The van der Waals surface area contributed by atoms with Crippen molar-refractivity contribution in [3.63, 3.8) is 0 Å². The summed E-state index contributed by atoms with van der Waals surface area (Å²) in [6, 6.07) is 5.62. The van der Waals surface area contributed by atoms with Crippen LogP contribution in [-0.2, 0) is 17.1 Å². The van der Waals surface area contributed by atoms with E-state index in [4.69, 9.17) is 0 Å². The number of sulfonamides is 1. The first-order chi connectivity index (χ1) is 13.8. The van der Waals surface area contributed by atoms with Gasteiger partial charge in [0.05, 0.1) is 15.6 Å². The SMILES string of the molecule is Cc1cc(C(C)NS(=O)(=O)C(C)(C)C)c2nc(-c3ccc(F)nc3)n(C)c(=O)c2c1. The van der Waals surface area contributed by atoms with E-state index in [2.05, 4.69) is 14.7 Å². The number of nitrogens with zero attached hydrogens (tertiary/aromatic N) is 3. The molecule has 1 unspecified atom stereocenters. The van der Waals surface area contributed by atoms with Crippen molar-refractivity contribution in [3.8, 4) is 11.4 Å². The van der Waals surface area contributed by atoms with Crippen LogP contribution in [0.3, 0.4) is 0 Å². The van der Waals surface area contributed by atoms with Crippen LogP contribution in [0, 0.1) is 12.9 Å². The number of aryl methyl sites for hydroxylation is 1. The normalized spacial score (nSPS) is 13.6. The first-order valence-electron chi connectivity index (χ1n) is 9.47. The molecule has 0 amide bonds. The topological polar surface area (TPSA) is 93.9 Å². The molecule has 9 heteroatoms. The summed E-state index contributed by atoms with van der Waals surface area (Å²) in [6.07, 6.45) is 1.31. The van der Waals surface area contributed by atoms with Gasteiger partial charge in [0.15, 0.2) is 0 Å². The molecule has 1 aromatic carbocycles. The molecule has 3 aromatic rings. The fourth-order valence-electron chi connectivity index (χ4n) is 3.12. The van der Waals surface area contributed by atoms with Crippen LogP contribution in [0.1, 0.15) is 44.9 Å². The van der Waals surface area contributed by atoms with Gasteiger partial charge in [0.25, 0.3) is 5.56 Å². The lowest BCUT2D eigenvalue weighted by Gasteiger charge is -2.24. The Bertz CT molecular complexity index is 1280. The summed E-state index contributed by atoms with van der Waals surface area (Å²) in [5.41, 5.74) is 2.00. The summed E-state index contributed by atoms with van der Waals surface area (Å²) < 4.78 is 41.6. The van der Waals surface area contributed by atoms with E-state index in [0.717, 1.165) is 5.56 Å². The van der Waals surface area contributed by atoms with E-state index in [9.17, 15) is 17.6 Å². The van der Waals surface area contributed by atoms with Gasteiger partial charge in [-0.05, 0) is 63.9 Å². The van der Waals surface area contributed by atoms with Crippen molar-refractivity contribution in [3.05, 3.63) is 57.9 Å². The van der Waals surface area contributed by atoms with Crippen LogP contribution in [0.5, 0.6) is 0 Å². The minimum absolute atomic E-state index is 0.282. The first kappa shape index (κ1) is 22.0. The Balaban J connectivity index is 2.25. The minimum Gasteiger partial charge on any atom is -0.295 e. The summed E-state index contributed by atoms with van der Waals surface area (Å²) in [5, 5.41) is 0.383. The molecule has 0 aliphatic heterocycles. The Morgan fingerprint density at radius 2 is 1.87 bits per heavy atom. The number of fused-ring (bicyclic) bond motifs is 1. The van der Waals surface area contributed by atoms with Crippen LogP contribution < -0.4 is 10.3 Å². The predicted octanol–water partition coefficient (Wildman–Crippen LogP) is 3.22. The van der Waals surface area contributed by atoms with Crippen LogP contribution in [0.15, 0.2) is 35.3 Å². The zero-order chi connectivity index (χ0) is 22.4. The van der Waals surface area contributed by atoms with Crippen LogP contribution in [-0.4, -0.2) is 27.7 Å². The molecule has 30 heavy (non-hydrogen) atoms. The van der Waals surface area contributed by atoms with Gasteiger partial charge < -0.3 is 0 Å². The van der Waals surface area contributed by atoms with Crippen molar-refractivity contribution < 1.29 is 12.8 Å². The summed E-state index contributed by atoms with van der Waals surface area (Å²) in [4.78, 5) is 21.3. The Morgan fingerprint density at radius 3 is 2.43 bits per heavy atom. The zero-order valence-electron chi connectivity index (χ0n) is 17.8. The van der Waals surface area contributed by atoms with Gasteiger partial charge >= 0.3 is 0 Å². The molecule has 0 saturated heterocycles. The highest BCUT2D eigenvalue weighted by molar-refractivity contribution is 7.90. The molecular formula is C21H25FN4O3S. The highest BCUT2D eigenvalue weighted by Crippen LogP contribution is 2.27. The molecule has 0 bridgehead atoms. The number of halogens is 1. The van der Waals surface area contributed by atoms with Crippen LogP contribution in [0.4, 0.5) is 4.39 Å². The fourth-order valence-corrected chi connectivity index (χ4v) is 4.07. The quantitative estimate of drug-likeness (QED) is 0.639. The lowest BCUT2D eigenvalue weighted by atomic mass is 10.0. The van der Waals surface area contributed by atoms with Gasteiger partial charge in [0.1, 0.15) is 5.82 Å². The second-order valence-electron chi connectivity index (χ2n) is 8.37. The average molecular weight is 433 g/mol. The van der Waals surface area contributed by atoms with E-state index in [1.807, 2.05) is 13.0 Å². The van der Waals surface area contributed by atoms with Gasteiger partial charge in [-0.2, -0.15) is 4.39 Å². The molecule has 0 fully saturated rings. The van der Waals surface area contributed by atoms with E-state index < -0.39 is 26.8 Å². The Hall–Kier alpha value is -2.65. The van der Waals surface area contributed by atoms with Crippen LogP contribution in [0.2, 0.25) is 0 Å². The molecule has 0 aliphatic rings. The number of pyridine rings is 1. The molecule has 7 nitrogen and oxygen atoms in total. The third-order valence-electron chi connectivity index (χ3n) is 4.94. The maximum absolute atomic E-state index is 13.2. The highest BCUT2D eigenvalue weighted by Gasteiger charge is 2.31. The van der Waals surface area contributed by atoms with E-state index >= 15 is 0 Å². The third kappa shape index (κ3) is 3.99. The van der Waals surface area contributed by atoms with Gasteiger partial charge in [-0.1, -0.05) is 6.07 Å². The molecule has 0 radical (unpaired) electrons. The Morgan fingerprint density at radius 1 is 1.20 bits per heavy atom. The third-order valence-corrected chi connectivity index (χ3v) is 7.22. The lowest BCUT2D eigenvalue weighted by molar-refractivity contribution is 0.532. The Labute approximate surface area is 175 Å². The average Bonchev–Trinajstić information content (AvgIpc) is 2.64. The minimum atomic E-state index is -3.62. The highest BCUT2D eigenvalue weighted by atomic mass is 32.2. The summed E-state index contributed by atoms with van der Waals surface area (Å²) in [5.74, 6) is -0.318. The lowest BCUT2D eigenvalue weighted by Crippen LogP contribution is -2.40. The monoisotopic (exact) mass is 432 g/mol. The summed E-state index contributed by atoms with van der Waals surface area (Å²) >= 11 is 0. The van der Waals surface area contributed by atoms with Crippen molar-refractivity contribution in [1.82, 2.24) is 19.3 Å². The van der Waals surface area contributed by atoms with Gasteiger partial charge in [-0.3, -0.25) is 9.36 Å². The van der Waals surface area contributed by atoms with Crippen molar-refractivity contribution in [2.45, 2.75) is 45.4 Å². The number of aromatic nitrogens is 3. The van der Waals surface area contributed by atoms with Crippen molar-refractivity contribution >= 4 is 20.9 Å². The van der Waals surface area contributed by atoms with Crippen LogP contribution in [0.25, 0.3) is 22.3 Å². The second-order valence-corrected chi connectivity index (χ2v) is 10.8. The Kier molecular flexibility index (Phi) is 5.55.